The normalized spacial score (nSPS) is 9.85. The fraction of sp³-hybridized carbons (Fsp3) is 0.909. The van der Waals surface area contributed by atoms with Gasteiger partial charge in [-0.15, -0.1) is 0 Å². The predicted octanol–water partition coefficient (Wildman–Crippen LogP) is 4.53. The Labute approximate surface area is 187 Å². The van der Waals surface area contributed by atoms with Crippen molar-refractivity contribution >= 4 is 11.9 Å². The Kier molecular flexibility index (Phi) is 32.7. The van der Waals surface area contributed by atoms with Gasteiger partial charge in [0.1, 0.15) is 0 Å². The molecule has 5 heteroatoms. The standard InChI is InChI=1S/C18H36O2.C4H8O2.Zr/c1-2-3-4-5-6-7-8-9-10-11-12-13-14-15-16-17-18(19)20;1-2-3-4(5)6;/h2-17H2,1H3,(H,19,20);2-3H2,1H3,(H,5,6);/q;;+2/p-2. The second-order valence-corrected chi connectivity index (χ2v) is 7.19. The van der Waals surface area contributed by atoms with Crippen molar-refractivity contribution in [3.8, 4) is 0 Å². The molecule has 0 aliphatic rings. The summed E-state index contributed by atoms with van der Waals surface area (Å²) in [6.45, 7) is 4.07. The van der Waals surface area contributed by atoms with Crippen LogP contribution in [0.2, 0.25) is 0 Å². The van der Waals surface area contributed by atoms with Crippen LogP contribution in [0.4, 0.5) is 0 Å². The van der Waals surface area contributed by atoms with Crippen molar-refractivity contribution in [3.63, 3.8) is 0 Å². The number of carbonyl (C=O) groups is 2. The van der Waals surface area contributed by atoms with Gasteiger partial charge in [-0.25, -0.2) is 0 Å². The van der Waals surface area contributed by atoms with E-state index in [0.29, 0.717) is 6.42 Å². The van der Waals surface area contributed by atoms with Gasteiger partial charge in [-0.3, -0.25) is 0 Å². The summed E-state index contributed by atoms with van der Waals surface area (Å²) < 4.78 is 0. The zero-order valence-corrected chi connectivity index (χ0v) is 20.3. The number of carboxylic acid groups (broad SMARTS) is 2. The minimum atomic E-state index is -0.961. The van der Waals surface area contributed by atoms with Crippen LogP contribution in [0.1, 0.15) is 129 Å². The van der Waals surface area contributed by atoms with Crippen LogP contribution < -0.4 is 10.2 Å². The average Bonchev–Trinajstić information content (AvgIpc) is 2.58. The summed E-state index contributed by atoms with van der Waals surface area (Å²) in [7, 11) is 0. The first-order chi connectivity index (χ1) is 12.5. The first-order valence-electron chi connectivity index (χ1n) is 10.9. The van der Waals surface area contributed by atoms with Gasteiger partial charge in [0.05, 0.1) is 0 Å². The zero-order chi connectivity index (χ0) is 19.9. The number of unbranched alkanes of at least 4 members (excludes halogenated alkanes) is 14. The van der Waals surface area contributed by atoms with Gasteiger partial charge in [0.25, 0.3) is 0 Å². The second-order valence-electron chi connectivity index (χ2n) is 7.19. The Bertz CT molecular complexity index is 309. The van der Waals surface area contributed by atoms with E-state index in [4.69, 9.17) is 0 Å². The Hall–Kier alpha value is -0.177. The van der Waals surface area contributed by atoms with Gasteiger partial charge in [-0.05, 0) is 19.3 Å². The van der Waals surface area contributed by atoms with Gasteiger partial charge in [-0.1, -0.05) is 110 Å². The van der Waals surface area contributed by atoms with E-state index in [9.17, 15) is 19.8 Å². The van der Waals surface area contributed by atoms with Crippen LogP contribution in [0.15, 0.2) is 0 Å². The van der Waals surface area contributed by atoms with Crippen molar-refractivity contribution < 1.29 is 46.0 Å². The van der Waals surface area contributed by atoms with Gasteiger partial charge < -0.3 is 19.8 Å². The molecule has 0 aromatic heterocycles. The number of carbonyl (C=O) groups excluding carboxylic acids is 2. The van der Waals surface area contributed by atoms with Crippen LogP contribution in [0, 0.1) is 0 Å². The van der Waals surface area contributed by atoms with Crippen molar-refractivity contribution in [2.75, 3.05) is 0 Å². The van der Waals surface area contributed by atoms with E-state index in [1.54, 1.807) is 6.92 Å². The van der Waals surface area contributed by atoms with Crippen molar-refractivity contribution in [2.45, 2.75) is 129 Å². The Balaban J connectivity index is -0.000000709. The van der Waals surface area contributed by atoms with Crippen LogP contribution >= 0.6 is 0 Å². The van der Waals surface area contributed by atoms with Crippen LogP contribution in [-0.2, 0) is 35.8 Å². The smallest absolute Gasteiger partial charge is 0.550 e. The van der Waals surface area contributed by atoms with Gasteiger partial charge in [0.15, 0.2) is 0 Å². The summed E-state index contributed by atoms with van der Waals surface area (Å²) in [6, 6.07) is 0. The van der Waals surface area contributed by atoms with Gasteiger partial charge in [0.2, 0.25) is 0 Å². The van der Waals surface area contributed by atoms with Crippen LogP contribution in [0.3, 0.4) is 0 Å². The predicted molar refractivity (Wildman–Crippen MR) is 104 cm³/mol. The maximum atomic E-state index is 10.2. The van der Waals surface area contributed by atoms with Crippen molar-refractivity contribution in [1.29, 1.82) is 0 Å². The SMILES string of the molecule is CCCC(=O)[O-].CCCCCCCCCCCCCCCCCC(=O)[O-].[Zr+2]. The molecular formula is C22H42O4Zr. The number of rotatable bonds is 18. The summed E-state index contributed by atoms with van der Waals surface area (Å²) in [6.07, 6.45) is 20.7. The van der Waals surface area contributed by atoms with E-state index in [-0.39, 0.29) is 39.0 Å². The molecule has 0 aromatic rings. The third-order valence-corrected chi connectivity index (χ3v) is 4.44. The summed E-state index contributed by atoms with van der Waals surface area (Å²) in [5, 5.41) is 19.7. The monoisotopic (exact) mass is 460 g/mol. The summed E-state index contributed by atoms with van der Waals surface area (Å²) >= 11 is 0. The summed E-state index contributed by atoms with van der Waals surface area (Å²) in [5.74, 6) is -1.86. The molecule has 4 nitrogen and oxygen atoms in total. The second kappa shape index (κ2) is 28.0. The van der Waals surface area contributed by atoms with E-state index < -0.39 is 11.9 Å². The molecule has 0 aliphatic carbocycles. The van der Waals surface area contributed by atoms with Crippen LogP contribution in [-0.4, -0.2) is 11.9 Å². The third-order valence-electron chi connectivity index (χ3n) is 4.44. The first kappa shape index (κ1) is 31.5. The first-order valence-corrected chi connectivity index (χ1v) is 10.9. The molecule has 0 spiro atoms. The molecule has 27 heavy (non-hydrogen) atoms. The Morgan fingerprint density at radius 3 is 1.00 bits per heavy atom. The minimum Gasteiger partial charge on any atom is -0.550 e. The molecule has 0 aromatic carbocycles. The fourth-order valence-corrected chi connectivity index (χ4v) is 2.84. The van der Waals surface area contributed by atoms with Gasteiger partial charge in [0, 0.05) is 11.9 Å². The van der Waals surface area contributed by atoms with E-state index >= 15 is 0 Å². The summed E-state index contributed by atoms with van der Waals surface area (Å²) in [4.78, 5) is 19.7. The van der Waals surface area contributed by atoms with Crippen LogP contribution in [0.25, 0.3) is 0 Å². The quantitative estimate of drug-likeness (QED) is 0.281. The molecular weight excluding hydrogens is 419 g/mol. The number of hydrogen-bond acceptors (Lipinski definition) is 4. The van der Waals surface area contributed by atoms with E-state index in [1.807, 2.05) is 0 Å². The maximum Gasteiger partial charge on any atom is 2.00 e. The number of hydrogen-bond donors (Lipinski definition) is 0. The van der Waals surface area contributed by atoms with Crippen LogP contribution in [0.5, 0.6) is 0 Å². The minimum absolute atomic E-state index is 0. The molecule has 0 unspecified atom stereocenters. The van der Waals surface area contributed by atoms with E-state index in [0.717, 1.165) is 12.8 Å². The Morgan fingerprint density at radius 2 is 0.778 bits per heavy atom. The topological polar surface area (TPSA) is 80.3 Å². The molecule has 0 saturated carbocycles. The number of aliphatic carboxylic acids is 2. The Morgan fingerprint density at radius 1 is 0.481 bits per heavy atom. The van der Waals surface area contributed by atoms with E-state index in [1.165, 1.54) is 83.5 Å². The fourth-order valence-electron chi connectivity index (χ4n) is 2.84. The van der Waals surface area contributed by atoms with Gasteiger partial charge in [-0.2, -0.15) is 0 Å². The molecule has 0 aliphatic heterocycles. The van der Waals surface area contributed by atoms with Gasteiger partial charge >= 0.3 is 26.2 Å². The summed E-state index contributed by atoms with van der Waals surface area (Å²) in [5.41, 5.74) is 0. The third kappa shape index (κ3) is 37.3. The molecule has 0 rings (SSSR count). The molecule has 0 amide bonds. The molecule has 0 bridgehead atoms. The molecule has 0 atom stereocenters. The van der Waals surface area contributed by atoms with Crippen molar-refractivity contribution in [2.24, 2.45) is 0 Å². The largest absolute Gasteiger partial charge is 2.00 e. The molecule has 0 saturated heterocycles. The average molecular weight is 462 g/mol. The molecule has 0 fully saturated rings. The molecule has 158 valence electrons. The molecule has 0 radical (unpaired) electrons. The maximum absolute atomic E-state index is 10.2. The molecule has 0 N–H and O–H groups in total. The van der Waals surface area contributed by atoms with Crippen molar-refractivity contribution in [3.05, 3.63) is 0 Å². The van der Waals surface area contributed by atoms with Crippen molar-refractivity contribution in [1.82, 2.24) is 0 Å². The van der Waals surface area contributed by atoms with E-state index in [2.05, 4.69) is 6.92 Å². The zero-order valence-electron chi connectivity index (χ0n) is 17.9. The number of carboxylic acids is 2. The molecule has 0 heterocycles.